The molecule has 0 fully saturated rings. The summed E-state index contributed by atoms with van der Waals surface area (Å²) in [6.07, 6.45) is 2.28. The minimum Gasteiger partial charge on any atom is -0.486 e. The van der Waals surface area contributed by atoms with Gasteiger partial charge in [-0.15, -0.1) is 0 Å². The van der Waals surface area contributed by atoms with E-state index in [1.807, 2.05) is 0 Å². The Kier molecular flexibility index (Phi) is 5.33. The van der Waals surface area contributed by atoms with Gasteiger partial charge in [-0.25, -0.2) is 21.9 Å². The minimum atomic E-state index is -4.35. The quantitative estimate of drug-likeness (QED) is 0.776. The Hall–Kier alpha value is -2.65. The normalized spacial score (nSPS) is 13.6. The number of amides is 1. The average molecular weight is 416 g/mol. The van der Waals surface area contributed by atoms with Crippen LogP contribution in [0.5, 0.6) is 11.5 Å². The monoisotopic (exact) mass is 415 g/mol. The molecule has 0 aliphatic carbocycles. The molecule has 10 heteroatoms. The Morgan fingerprint density at radius 1 is 1.11 bits per heavy atom. The molecule has 1 heterocycles. The van der Waals surface area contributed by atoms with E-state index in [0.29, 0.717) is 42.4 Å². The molecule has 0 saturated heterocycles. The number of ether oxygens (including phenoxy) is 2. The lowest BCUT2D eigenvalue weighted by Crippen LogP contribution is -2.29. The van der Waals surface area contributed by atoms with E-state index in [2.05, 4.69) is 0 Å². The zero-order valence-corrected chi connectivity index (χ0v) is 15.1. The summed E-state index contributed by atoms with van der Waals surface area (Å²) in [6.45, 7) is 0.718. The Bertz CT molecular complexity index is 1040. The number of nitrogens with one attached hydrogen (secondary N) is 1. The van der Waals surface area contributed by atoms with Crippen LogP contribution in [0, 0.1) is 11.6 Å². The summed E-state index contributed by atoms with van der Waals surface area (Å²) >= 11 is 6.08. The molecule has 27 heavy (non-hydrogen) atoms. The highest BCUT2D eigenvalue weighted by atomic mass is 35.5. The van der Waals surface area contributed by atoms with E-state index in [1.54, 1.807) is 10.8 Å². The lowest BCUT2D eigenvalue weighted by Gasteiger charge is -2.19. The van der Waals surface area contributed by atoms with E-state index < -0.39 is 32.5 Å². The summed E-state index contributed by atoms with van der Waals surface area (Å²) in [4.78, 5) is 11.3. The molecule has 0 atom stereocenters. The van der Waals surface area contributed by atoms with Crippen molar-refractivity contribution in [3.63, 3.8) is 0 Å². The number of halogens is 3. The third-order valence-electron chi connectivity index (χ3n) is 3.48. The minimum absolute atomic E-state index is 0.279. The maximum absolute atomic E-state index is 13.2. The number of carbonyl (C=O) groups is 1. The zero-order chi connectivity index (χ0) is 19.6. The van der Waals surface area contributed by atoms with Gasteiger partial charge in [0, 0.05) is 6.08 Å². The van der Waals surface area contributed by atoms with Crippen LogP contribution >= 0.6 is 11.6 Å². The molecule has 3 rings (SSSR count). The molecule has 1 N–H and O–H groups in total. The van der Waals surface area contributed by atoms with Gasteiger partial charge in [0.25, 0.3) is 15.9 Å². The number of hydrogen-bond acceptors (Lipinski definition) is 5. The third kappa shape index (κ3) is 4.37. The van der Waals surface area contributed by atoms with Crippen molar-refractivity contribution in [2.75, 3.05) is 13.2 Å². The SMILES string of the molecule is O=C(C=Cc1cc(Cl)c2c(c1)OCCO2)NS(=O)(=O)c1ccc(F)c(F)c1. The molecular weight excluding hydrogens is 404 g/mol. The van der Waals surface area contributed by atoms with Gasteiger partial charge in [0.05, 0.1) is 9.92 Å². The summed E-state index contributed by atoms with van der Waals surface area (Å²) in [5.41, 5.74) is 0.477. The van der Waals surface area contributed by atoms with E-state index >= 15 is 0 Å². The van der Waals surface area contributed by atoms with Crippen LogP contribution in [0.15, 0.2) is 41.3 Å². The van der Waals surface area contributed by atoms with E-state index in [0.717, 1.165) is 12.1 Å². The number of sulfonamides is 1. The second kappa shape index (κ2) is 7.53. The van der Waals surface area contributed by atoms with Crippen molar-refractivity contribution in [2.24, 2.45) is 0 Å². The molecule has 0 saturated carbocycles. The van der Waals surface area contributed by atoms with Crippen LogP contribution in [0.2, 0.25) is 5.02 Å². The number of carbonyl (C=O) groups excluding carboxylic acids is 1. The number of fused-ring (bicyclic) bond motifs is 1. The fourth-order valence-electron chi connectivity index (χ4n) is 2.27. The van der Waals surface area contributed by atoms with Gasteiger partial charge in [-0.1, -0.05) is 11.6 Å². The molecule has 0 radical (unpaired) electrons. The highest BCUT2D eigenvalue weighted by Crippen LogP contribution is 2.38. The van der Waals surface area contributed by atoms with Gasteiger partial charge >= 0.3 is 0 Å². The van der Waals surface area contributed by atoms with Gasteiger partial charge < -0.3 is 9.47 Å². The molecular formula is C17H12ClF2NO5S. The second-order valence-corrected chi connectivity index (χ2v) is 7.50. The van der Waals surface area contributed by atoms with E-state index in [9.17, 15) is 22.0 Å². The molecule has 0 spiro atoms. The van der Waals surface area contributed by atoms with Crippen molar-refractivity contribution in [1.82, 2.24) is 4.72 Å². The average Bonchev–Trinajstić information content (AvgIpc) is 2.62. The molecule has 6 nitrogen and oxygen atoms in total. The maximum Gasteiger partial charge on any atom is 0.264 e. The topological polar surface area (TPSA) is 81.7 Å². The molecule has 0 aromatic heterocycles. The predicted molar refractivity (Wildman–Crippen MR) is 93.2 cm³/mol. The summed E-state index contributed by atoms with van der Waals surface area (Å²) in [7, 11) is -4.35. The summed E-state index contributed by atoms with van der Waals surface area (Å²) in [6, 6.07) is 5.08. The first-order valence-electron chi connectivity index (χ1n) is 7.55. The second-order valence-electron chi connectivity index (χ2n) is 5.41. The van der Waals surface area contributed by atoms with Crippen LogP contribution in [0.3, 0.4) is 0 Å². The lowest BCUT2D eigenvalue weighted by atomic mass is 10.2. The van der Waals surface area contributed by atoms with Gasteiger partial charge in [0.1, 0.15) is 13.2 Å². The lowest BCUT2D eigenvalue weighted by molar-refractivity contribution is -0.114. The molecule has 2 aromatic carbocycles. The van der Waals surface area contributed by atoms with Crippen molar-refractivity contribution in [2.45, 2.75) is 4.90 Å². The number of hydrogen-bond donors (Lipinski definition) is 1. The molecule has 2 aromatic rings. The van der Waals surface area contributed by atoms with Gasteiger partial charge in [-0.3, -0.25) is 4.79 Å². The van der Waals surface area contributed by atoms with Crippen molar-refractivity contribution in [3.05, 3.63) is 58.6 Å². The smallest absolute Gasteiger partial charge is 0.264 e. The van der Waals surface area contributed by atoms with E-state index in [1.165, 1.54) is 12.1 Å². The van der Waals surface area contributed by atoms with Crippen LogP contribution in [0.1, 0.15) is 5.56 Å². The first-order chi connectivity index (χ1) is 12.8. The molecule has 1 aliphatic rings. The Morgan fingerprint density at radius 2 is 1.85 bits per heavy atom. The Labute approximate surface area is 158 Å². The maximum atomic E-state index is 13.2. The Balaban J connectivity index is 1.75. The zero-order valence-electron chi connectivity index (χ0n) is 13.5. The van der Waals surface area contributed by atoms with Gasteiger partial charge in [0.2, 0.25) is 0 Å². The fourth-order valence-corrected chi connectivity index (χ4v) is 3.50. The van der Waals surface area contributed by atoms with Crippen LogP contribution < -0.4 is 14.2 Å². The van der Waals surface area contributed by atoms with Gasteiger partial charge in [-0.2, -0.15) is 0 Å². The molecule has 1 amide bonds. The van der Waals surface area contributed by atoms with Crippen molar-refractivity contribution >= 4 is 33.6 Å². The third-order valence-corrected chi connectivity index (χ3v) is 5.11. The van der Waals surface area contributed by atoms with Crippen molar-refractivity contribution in [1.29, 1.82) is 0 Å². The number of benzene rings is 2. The molecule has 0 unspecified atom stereocenters. The Morgan fingerprint density at radius 3 is 2.59 bits per heavy atom. The van der Waals surface area contributed by atoms with E-state index in [4.69, 9.17) is 21.1 Å². The highest BCUT2D eigenvalue weighted by Gasteiger charge is 2.19. The van der Waals surface area contributed by atoms with Crippen LogP contribution in [-0.4, -0.2) is 27.5 Å². The number of rotatable bonds is 4. The summed E-state index contributed by atoms with van der Waals surface area (Å²) in [5.74, 6) is -2.72. The first kappa shape index (κ1) is 19.1. The largest absolute Gasteiger partial charge is 0.486 e. The fraction of sp³-hybridized carbons (Fsp3) is 0.118. The van der Waals surface area contributed by atoms with Crippen molar-refractivity contribution < 1.29 is 31.5 Å². The first-order valence-corrected chi connectivity index (χ1v) is 9.41. The predicted octanol–water partition coefficient (Wildman–Crippen LogP) is 2.91. The van der Waals surface area contributed by atoms with Gasteiger partial charge in [-0.05, 0) is 42.0 Å². The highest BCUT2D eigenvalue weighted by molar-refractivity contribution is 7.90. The van der Waals surface area contributed by atoms with Crippen LogP contribution in [-0.2, 0) is 14.8 Å². The molecule has 1 aliphatic heterocycles. The summed E-state index contributed by atoms with van der Waals surface area (Å²) < 4.78 is 62.7. The summed E-state index contributed by atoms with van der Waals surface area (Å²) in [5, 5.41) is 0.279. The standard InChI is InChI=1S/C17H12ClF2NO5S/c18-12-7-10(8-15-17(12)26-6-5-25-15)1-4-16(22)21-27(23,24)11-2-3-13(19)14(20)9-11/h1-4,7-9H,5-6H2,(H,21,22). The molecule has 142 valence electrons. The molecule has 0 bridgehead atoms. The van der Waals surface area contributed by atoms with E-state index in [-0.39, 0.29) is 5.02 Å². The van der Waals surface area contributed by atoms with Crippen molar-refractivity contribution in [3.8, 4) is 11.5 Å². The van der Waals surface area contributed by atoms with Crippen LogP contribution in [0.25, 0.3) is 6.08 Å². The van der Waals surface area contributed by atoms with Gasteiger partial charge in [0.15, 0.2) is 23.1 Å². The van der Waals surface area contributed by atoms with Crippen LogP contribution in [0.4, 0.5) is 8.78 Å².